The van der Waals surface area contributed by atoms with Crippen LogP contribution in [0.15, 0.2) is 16.3 Å². The largest absolute Gasteiger partial charge is 0.240 e. The summed E-state index contributed by atoms with van der Waals surface area (Å²) in [5.41, 5.74) is 0. The number of thiophene rings is 1. The molecule has 0 aliphatic heterocycles. The van der Waals surface area contributed by atoms with E-state index >= 15 is 0 Å². The minimum absolute atomic E-state index is 0.0926. The number of rotatable bonds is 1. The molecule has 0 radical (unpaired) electrons. The molecule has 6 heteroatoms. The summed E-state index contributed by atoms with van der Waals surface area (Å²) >= 11 is 1.06. The molecule has 0 saturated heterocycles. The predicted molar refractivity (Wildman–Crippen MR) is 40.4 cm³/mol. The topological polar surface area (TPSA) is 83.9 Å². The van der Waals surface area contributed by atoms with Gasteiger partial charge in [0.2, 0.25) is 10.0 Å². The van der Waals surface area contributed by atoms with Gasteiger partial charge in [-0.15, -0.1) is 11.3 Å². The van der Waals surface area contributed by atoms with E-state index in [0.29, 0.717) is 0 Å². The molecule has 0 amide bonds. The molecule has 0 atom stereocenters. The summed E-state index contributed by atoms with van der Waals surface area (Å²) in [5.74, 6) is 0. The summed E-state index contributed by atoms with van der Waals surface area (Å²) in [6.45, 7) is 0. The summed E-state index contributed by atoms with van der Waals surface area (Å²) in [7, 11) is -3.71. The number of nitrogens with two attached hydrogens (primary N) is 1. The van der Waals surface area contributed by atoms with Crippen LogP contribution >= 0.6 is 11.3 Å². The molecule has 0 unspecified atom stereocenters. The minimum Gasteiger partial charge on any atom is -0.225 e. The Morgan fingerprint density at radius 1 is 1.64 bits per heavy atom. The molecule has 2 N–H and O–H groups in total. The van der Waals surface area contributed by atoms with Crippen LogP contribution in [0.5, 0.6) is 0 Å². The lowest BCUT2D eigenvalue weighted by Gasteiger charge is -1.90. The predicted octanol–water partition coefficient (Wildman–Crippen LogP) is 0.267. The monoisotopic (exact) mass is 188 g/mol. The fourth-order valence-corrected chi connectivity index (χ4v) is 2.32. The van der Waals surface area contributed by atoms with Crippen molar-refractivity contribution in [2.45, 2.75) is 4.90 Å². The van der Waals surface area contributed by atoms with Crippen molar-refractivity contribution in [2.75, 3.05) is 0 Å². The lowest BCUT2D eigenvalue weighted by molar-refractivity contribution is 0.598. The third kappa shape index (κ3) is 1.57. The van der Waals surface area contributed by atoms with Crippen LogP contribution in [0.25, 0.3) is 0 Å². The zero-order chi connectivity index (χ0) is 8.48. The number of primary sulfonamides is 1. The number of hydrogen-bond acceptors (Lipinski definition) is 4. The van der Waals surface area contributed by atoms with Gasteiger partial charge in [-0.05, 0) is 11.4 Å². The van der Waals surface area contributed by atoms with Gasteiger partial charge in [-0.1, -0.05) is 0 Å². The molecule has 0 aliphatic carbocycles. The van der Waals surface area contributed by atoms with Crippen molar-refractivity contribution in [3.05, 3.63) is 16.3 Å². The standard InChI is InChI=1S/C5H4N2O2S2/c6-3-4-5(1-2-10-4)11(7,8)9/h1-2H,(H2,7,8,9). The Balaban J connectivity index is 3.39. The zero-order valence-corrected chi connectivity index (χ0v) is 6.95. The molecule has 0 aliphatic rings. The van der Waals surface area contributed by atoms with Gasteiger partial charge in [0.05, 0.1) is 0 Å². The second kappa shape index (κ2) is 2.62. The smallest absolute Gasteiger partial charge is 0.225 e. The van der Waals surface area contributed by atoms with E-state index < -0.39 is 10.0 Å². The third-order valence-corrected chi connectivity index (χ3v) is 2.94. The summed E-state index contributed by atoms with van der Waals surface area (Å²) in [6, 6.07) is 3.06. The van der Waals surface area contributed by atoms with Crippen LogP contribution in [-0.2, 0) is 10.0 Å². The van der Waals surface area contributed by atoms with Crippen molar-refractivity contribution in [3.8, 4) is 6.07 Å². The van der Waals surface area contributed by atoms with Gasteiger partial charge in [0, 0.05) is 0 Å². The molecule has 58 valence electrons. The zero-order valence-electron chi connectivity index (χ0n) is 5.31. The minimum atomic E-state index is -3.71. The second-order valence-electron chi connectivity index (χ2n) is 1.77. The first-order chi connectivity index (χ1) is 5.05. The summed E-state index contributed by atoms with van der Waals surface area (Å²) < 4.78 is 21.4. The summed E-state index contributed by atoms with van der Waals surface area (Å²) in [4.78, 5) is 0.0394. The van der Waals surface area contributed by atoms with Crippen LogP contribution in [0.2, 0.25) is 0 Å². The Hall–Kier alpha value is -0.900. The van der Waals surface area contributed by atoms with E-state index in [-0.39, 0.29) is 9.77 Å². The van der Waals surface area contributed by atoms with E-state index in [0.717, 1.165) is 11.3 Å². The van der Waals surface area contributed by atoms with Crippen molar-refractivity contribution >= 4 is 21.4 Å². The second-order valence-corrected chi connectivity index (χ2v) is 4.22. The lowest BCUT2D eigenvalue weighted by atomic mass is 10.5. The van der Waals surface area contributed by atoms with E-state index in [1.54, 1.807) is 6.07 Å². The van der Waals surface area contributed by atoms with Gasteiger partial charge in [0.15, 0.2) is 0 Å². The molecule has 11 heavy (non-hydrogen) atoms. The van der Waals surface area contributed by atoms with E-state index in [4.69, 9.17) is 10.4 Å². The highest BCUT2D eigenvalue weighted by Gasteiger charge is 2.13. The molecule has 1 aromatic rings. The van der Waals surface area contributed by atoms with Gasteiger partial charge in [-0.3, -0.25) is 0 Å². The Kier molecular flexibility index (Phi) is 1.95. The fraction of sp³-hybridized carbons (Fsp3) is 0. The van der Waals surface area contributed by atoms with Crippen molar-refractivity contribution < 1.29 is 8.42 Å². The Labute approximate surface area is 67.9 Å². The highest BCUT2D eigenvalue weighted by atomic mass is 32.2. The summed E-state index contributed by atoms with van der Waals surface area (Å²) in [6.07, 6.45) is 0. The number of nitrogens with zero attached hydrogens (tertiary/aromatic N) is 1. The van der Waals surface area contributed by atoms with Crippen LogP contribution in [-0.4, -0.2) is 8.42 Å². The Morgan fingerprint density at radius 2 is 2.27 bits per heavy atom. The molecule has 1 aromatic heterocycles. The van der Waals surface area contributed by atoms with Gasteiger partial charge in [0.25, 0.3) is 0 Å². The SMILES string of the molecule is N#Cc1sccc1S(N)(=O)=O. The maximum Gasteiger partial charge on any atom is 0.240 e. The molecule has 0 aromatic carbocycles. The van der Waals surface area contributed by atoms with Crippen LogP contribution in [0.1, 0.15) is 4.88 Å². The molecule has 0 saturated carbocycles. The highest BCUT2D eigenvalue weighted by molar-refractivity contribution is 7.89. The first-order valence-corrected chi connectivity index (χ1v) is 4.98. The molecule has 0 fully saturated rings. The molecule has 0 bridgehead atoms. The summed E-state index contributed by atoms with van der Waals surface area (Å²) in [5, 5.41) is 14.7. The molecular weight excluding hydrogens is 184 g/mol. The molecular formula is C5H4N2O2S2. The fourth-order valence-electron chi connectivity index (χ4n) is 0.603. The highest BCUT2D eigenvalue weighted by Crippen LogP contribution is 2.18. The van der Waals surface area contributed by atoms with E-state index in [1.165, 1.54) is 11.4 Å². The van der Waals surface area contributed by atoms with Crippen molar-refractivity contribution in [2.24, 2.45) is 5.14 Å². The Morgan fingerprint density at radius 3 is 2.64 bits per heavy atom. The van der Waals surface area contributed by atoms with Crippen LogP contribution < -0.4 is 5.14 Å². The number of hydrogen-bond donors (Lipinski definition) is 1. The van der Waals surface area contributed by atoms with E-state index in [1.807, 2.05) is 0 Å². The van der Waals surface area contributed by atoms with Crippen molar-refractivity contribution in [1.29, 1.82) is 5.26 Å². The van der Waals surface area contributed by atoms with Crippen LogP contribution in [0, 0.1) is 11.3 Å². The van der Waals surface area contributed by atoms with Gasteiger partial charge in [-0.2, -0.15) is 5.26 Å². The molecule has 1 heterocycles. The first-order valence-electron chi connectivity index (χ1n) is 2.56. The normalized spacial score (nSPS) is 10.9. The lowest BCUT2D eigenvalue weighted by Crippen LogP contribution is -2.12. The van der Waals surface area contributed by atoms with E-state index in [2.05, 4.69) is 0 Å². The number of nitriles is 1. The Bertz CT molecular complexity index is 398. The van der Waals surface area contributed by atoms with Crippen LogP contribution in [0.4, 0.5) is 0 Å². The third-order valence-electron chi connectivity index (χ3n) is 1.04. The maximum atomic E-state index is 10.7. The molecule has 4 nitrogen and oxygen atoms in total. The van der Waals surface area contributed by atoms with Crippen molar-refractivity contribution in [1.82, 2.24) is 0 Å². The first kappa shape index (κ1) is 8.20. The van der Waals surface area contributed by atoms with Crippen molar-refractivity contribution in [3.63, 3.8) is 0 Å². The van der Waals surface area contributed by atoms with Gasteiger partial charge >= 0.3 is 0 Å². The molecule has 0 spiro atoms. The van der Waals surface area contributed by atoms with Gasteiger partial charge < -0.3 is 0 Å². The average molecular weight is 188 g/mol. The van der Waals surface area contributed by atoms with Gasteiger partial charge in [0.1, 0.15) is 15.8 Å². The van der Waals surface area contributed by atoms with Gasteiger partial charge in [-0.25, -0.2) is 13.6 Å². The molecule has 1 rings (SSSR count). The quantitative estimate of drug-likeness (QED) is 0.686. The number of sulfonamides is 1. The van der Waals surface area contributed by atoms with Crippen LogP contribution in [0.3, 0.4) is 0 Å². The van der Waals surface area contributed by atoms with E-state index in [9.17, 15) is 8.42 Å². The average Bonchev–Trinajstić information content (AvgIpc) is 2.31. The maximum absolute atomic E-state index is 10.7.